The molecule has 41 heavy (non-hydrogen) atoms. The van der Waals surface area contributed by atoms with Crippen LogP contribution in [0.1, 0.15) is 53.7 Å². The summed E-state index contributed by atoms with van der Waals surface area (Å²) in [6.07, 6.45) is 8.37. The average molecular weight is 574 g/mol. The number of piperazine rings is 1. The Morgan fingerprint density at radius 3 is 2.49 bits per heavy atom. The number of hydrogen-bond donors (Lipinski definition) is 2. The topological polar surface area (TPSA) is 83.7 Å². The van der Waals surface area contributed by atoms with Crippen LogP contribution in [0, 0.1) is 5.92 Å². The fourth-order valence-corrected chi connectivity index (χ4v) is 5.87. The number of nitrogens with one attached hydrogen (secondary N) is 1. The molecule has 2 heterocycles. The molecule has 2 aliphatic rings. The molecule has 5 rings (SSSR count). The molecular weight excluding hydrogens is 534 g/mol. The fraction of sp³-hybridized carbons (Fsp3) is 0.394. The summed E-state index contributed by atoms with van der Waals surface area (Å²) in [7, 11) is 2.20. The van der Waals surface area contributed by atoms with Crippen LogP contribution in [0.3, 0.4) is 0 Å². The van der Waals surface area contributed by atoms with Crippen LogP contribution in [0.5, 0.6) is 0 Å². The molecule has 0 radical (unpaired) electrons. The maximum Gasteiger partial charge on any atom is 0.258 e. The summed E-state index contributed by atoms with van der Waals surface area (Å²) in [5, 5.41) is 3.15. The smallest absolute Gasteiger partial charge is 0.258 e. The van der Waals surface area contributed by atoms with Gasteiger partial charge in [-0.25, -0.2) is 4.98 Å². The number of amides is 1. The van der Waals surface area contributed by atoms with E-state index in [1.807, 2.05) is 6.08 Å². The van der Waals surface area contributed by atoms with E-state index in [1.165, 1.54) is 29.0 Å². The van der Waals surface area contributed by atoms with Gasteiger partial charge in [0.05, 0.1) is 23.3 Å². The molecule has 8 heteroatoms. The Hall–Kier alpha value is -3.23. The van der Waals surface area contributed by atoms with Crippen molar-refractivity contribution in [3.05, 3.63) is 94.8 Å². The largest absolute Gasteiger partial charge is 0.383 e. The minimum absolute atomic E-state index is 0.121. The molecule has 1 aliphatic carbocycles. The van der Waals surface area contributed by atoms with E-state index in [9.17, 15) is 4.79 Å². The highest BCUT2D eigenvalue weighted by Gasteiger charge is 2.26. The van der Waals surface area contributed by atoms with Crippen LogP contribution in [0.2, 0.25) is 5.02 Å². The monoisotopic (exact) mass is 573 g/mol. The molecule has 2 fully saturated rings. The molecule has 3 aromatic rings. The maximum atomic E-state index is 12.5. The van der Waals surface area contributed by atoms with Crippen molar-refractivity contribution in [1.82, 2.24) is 20.1 Å². The van der Waals surface area contributed by atoms with E-state index in [-0.39, 0.29) is 29.3 Å². The number of hydrogen-bond acceptors (Lipinski definition) is 6. The maximum absolute atomic E-state index is 12.5. The highest BCUT2D eigenvalue weighted by Crippen LogP contribution is 2.31. The van der Waals surface area contributed by atoms with Gasteiger partial charge in [-0.05, 0) is 55.1 Å². The van der Waals surface area contributed by atoms with Crippen LogP contribution < -0.4 is 11.1 Å². The van der Waals surface area contributed by atoms with Gasteiger partial charge in [0, 0.05) is 50.5 Å². The van der Waals surface area contributed by atoms with Crippen molar-refractivity contribution in [2.24, 2.45) is 5.92 Å². The van der Waals surface area contributed by atoms with E-state index in [0.717, 1.165) is 51.0 Å². The van der Waals surface area contributed by atoms with Gasteiger partial charge in [0.2, 0.25) is 0 Å². The summed E-state index contributed by atoms with van der Waals surface area (Å²) in [6, 6.07) is 19.6. The van der Waals surface area contributed by atoms with Gasteiger partial charge < -0.3 is 20.7 Å². The summed E-state index contributed by atoms with van der Waals surface area (Å²) >= 11 is 5.95. The van der Waals surface area contributed by atoms with Crippen LogP contribution in [-0.4, -0.2) is 60.0 Å². The molecule has 1 aliphatic heterocycles. The molecule has 1 unspecified atom stereocenters. The minimum Gasteiger partial charge on any atom is -0.383 e. The summed E-state index contributed by atoms with van der Waals surface area (Å²) in [6.45, 7) is 7.38. The van der Waals surface area contributed by atoms with Crippen LogP contribution in [-0.2, 0) is 11.3 Å². The van der Waals surface area contributed by atoms with E-state index in [1.54, 1.807) is 6.20 Å². The number of anilines is 1. The van der Waals surface area contributed by atoms with Gasteiger partial charge in [-0.2, -0.15) is 0 Å². The average Bonchev–Trinajstić information content (AvgIpc) is 3.45. The Morgan fingerprint density at radius 2 is 1.78 bits per heavy atom. The van der Waals surface area contributed by atoms with Crippen molar-refractivity contribution in [2.45, 2.75) is 44.9 Å². The molecule has 7 nitrogen and oxygen atoms in total. The summed E-state index contributed by atoms with van der Waals surface area (Å²) in [4.78, 5) is 21.4. The lowest BCUT2D eigenvalue weighted by Gasteiger charge is -2.36. The first kappa shape index (κ1) is 29.3. The number of nitrogens with zero attached hydrogens (tertiary/aromatic N) is 3. The van der Waals surface area contributed by atoms with Crippen LogP contribution in [0.4, 0.5) is 5.82 Å². The molecule has 0 bridgehead atoms. The van der Waals surface area contributed by atoms with Gasteiger partial charge in [0.25, 0.3) is 5.91 Å². The Balaban J connectivity index is 1.11. The standard InChI is InChI=1S/C33H40ClN5O2/c1-23(39-18-16-38(2)17-19-39)25-10-12-27(13-11-25)26-8-6-24(7-9-26)22-41-31-5-3-4-28(31)14-15-36-33(40)30-20-29(34)21-37-32(30)35/h6-15,20-21,23,28,31H,3-5,16-19,22H2,1-2H3,(H2,35,37)(H,36,40)/b15-14+/t23?,28-,31+/m1/s1. The Labute approximate surface area is 248 Å². The number of ether oxygens (including phenoxy) is 1. The molecule has 3 atom stereocenters. The fourth-order valence-electron chi connectivity index (χ4n) is 5.71. The second-order valence-corrected chi connectivity index (χ2v) is 11.6. The summed E-state index contributed by atoms with van der Waals surface area (Å²) in [5.41, 5.74) is 11.0. The van der Waals surface area contributed by atoms with Crippen molar-refractivity contribution in [3.63, 3.8) is 0 Å². The second-order valence-electron chi connectivity index (χ2n) is 11.2. The van der Waals surface area contributed by atoms with Gasteiger partial charge >= 0.3 is 0 Å². The number of nitrogen functional groups attached to an aromatic ring is 1. The van der Waals surface area contributed by atoms with Crippen molar-refractivity contribution in [2.75, 3.05) is 39.0 Å². The normalized spacial score (nSPS) is 20.9. The quantitative estimate of drug-likeness (QED) is 0.330. The molecule has 1 aromatic heterocycles. The number of carbonyl (C=O) groups is 1. The van der Waals surface area contributed by atoms with E-state index in [0.29, 0.717) is 17.7 Å². The van der Waals surface area contributed by atoms with E-state index in [4.69, 9.17) is 22.1 Å². The van der Waals surface area contributed by atoms with Gasteiger partial charge in [-0.15, -0.1) is 0 Å². The molecule has 2 aromatic carbocycles. The third kappa shape index (κ3) is 7.54. The van der Waals surface area contributed by atoms with E-state index >= 15 is 0 Å². The predicted octanol–water partition coefficient (Wildman–Crippen LogP) is 5.92. The lowest BCUT2D eigenvalue weighted by atomic mass is 9.99. The summed E-state index contributed by atoms with van der Waals surface area (Å²) in [5.74, 6) is 0.0702. The number of halogens is 1. The zero-order valence-corrected chi connectivity index (χ0v) is 24.7. The zero-order chi connectivity index (χ0) is 28.8. The van der Waals surface area contributed by atoms with Gasteiger partial charge in [-0.1, -0.05) is 72.6 Å². The molecule has 216 valence electrons. The van der Waals surface area contributed by atoms with E-state index < -0.39 is 0 Å². The van der Waals surface area contributed by atoms with E-state index in [2.05, 4.69) is 82.6 Å². The predicted molar refractivity (Wildman–Crippen MR) is 166 cm³/mol. The first-order valence-electron chi connectivity index (χ1n) is 14.5. The first-order chi connectivity index (χ1) is 19.9. The SMILES string of the molecule is CC(c1ccc(-c2ccc(CO[C@H]3CCC[C@@H]3/C=C/NC(=O)c3cc(Cl)cnc3N)cc2)cc1)N1CCN(C)CC1. The first-order valence-corrected chi connectivity index (χ1v) is 14.9. The number of rotatable bonds is 9. The van der Waals surface area contributed by atoms with Crippen LogP contribution >= 0.6 is 11.6 Å². The van der Waals surface area contributed by atoms with Crippen molar-refractivity contribution in [1.29, 1.82) is 0 Å². The van der Waals surface area contributed by atoms with Crippen molar-refractivity contribution < 1.29 is 9.53 Å². The molecule has 3 N–H and O–H groups in total. The number of benzene rings is 2. The molecule has 1 amide bonds. The molecule has 1 saturated carbocycles. The summed E-state index contributed by atoms with van der Waals surface area (Å²) < 4.78 is 6.31. The highest BCUT2D eigenvalue weighted by atomic mass is 35.5. The molecular formula is C33H40ClN5O2. The molecule has 0 spiro atoms. The Bertz CT molecular complexity index is 1340. The number of carbonyl (C=O) groups excluding carboxylic acids is 1. The highest BCUT2D eigenvalue weighted by molar-refractivity contribution is 6.31. The third-order valence-electron chi connectivity index (χ3n) is 8.42. The Morgan fingerprint density at radius 1 is 1.10 bits per heavy atom. The van der Waals surface area contributed by atoms with Gasteiger partial charge in [-0.3, -0.25) is 9.69 Å². The second kappa shape index (κ2) is 13.6. The lowest BCUT2D eigenvalue weighted by Crippen LogP contribution is -2.45. The Kier molecular flexibility index (Phi) is 9.72. The van der Waals surface area contributed by atoms with Gasteiger partial charge in [0.1, 0.15) is 5.82 Å². The zero-order valence-electron chi connectivity index (χ0n) is 23.9. The molecule has 1 saturated heterocycles. The van der Waals surface area contributed by atoms with Crippen molar-refractivity contribution in [3.8, 4) is 11.1 Å². The van der Waals surface area contributed by atoms with Crippen molar-refractivity contribution >= 4 is 23.3 Å². The van der Waals surface area contributed by atoms with Crippen LogP contribution in [0.25, 0.3) is 11.1 Å². The number of aromatic nitrogens is 1. The lowest BCUT2D eigenvalue weighted by molar-refractivity contribution is 0.0273. The number of nitrogens with two attached hydrogens (primary N) is 1. The number of pyridine rings is 1. The minimum atomic E-state index is -0.330. The number of likely N-dealkylation sites (N-methyl/N-ethyl adjacent to an activating group) is 1. The third-order valence-corrected chi connectivity index (χ3v) is 8.63. The van der Waals surface area contributed by atoms with Gasteiger partial charge in [0.15, 0.2) is 0 Å². The van der Waals surface area contributed by atoms with Crippen LogP contribution in [0.15, 0.2) is 73.1 Å².